The monoisotopic (exact) mass is 406 g/mol. The van der Waals surface area contributed by atoms with Crippen LogP contribution < -0.4 is 14.7 Å². The lowest BCUT2D eigenvalue weighted by molar-refractivity contribution is 0.298. The molecule has 0 fully saturated rings. The van der Waals surface area contributed by atoms with Crippen molar-refractivity contribution < 1.29 is 21.4 Å². The molecule has 0 bridgehead atoms. The Kier molecular flexibility index (Phi) is 7.45. The minimum absolute atomic E-state index is 0.00452. The van der Waals surface area contributed by atoms with Crippen molar-refractivity contribution in [1.82, 2.24) is 0 Å². The number of aliphatic imine (C=N–C) groups is 1. The van der Waals surface area contributed by atoms with Gasteiger partial charge in [0.1, 0.15) is 29.7 Å². The average Bonchev–Trinajstić information content (AvgIpc) is 2.65. The van der Waals surface area contributed by atoms with Crippen LogP contribution in [0.25, 0.3) is 5.57 Å². The van der Waals surface area contributed by atoms with Gasteiger partial charge in [0.15, 0.2) is 0 Å². The van der Waals surface area contributed by atoms with Gasteiger partial charge in [0, 0.05) is 5.56 Å². The molecule has 2 N–H and O–H groups in total. The lowest BCUT2D eigenvalue weighted by Crippen LogP contribution is -2.03. The molecule has 0 aromatic heterocycles. The number of rotatable bonds is 8. The Labute approximate surface area is 165 Å². The van der Waals surface area contributed by atoms with Crippen LogP contribution in [0.5, 0.6) is 11.5 Å². The van der Waals surface area contributed by atoms with Crippen LogP contribution in [0.15, 0.2) is 59.4 Å². The molecule has 2 aromatic rings. The van der Waals surface area contributed by atoms with Gasteiger partial charge in [0.05, 0.1) is 0 Å². The van der Waals surface area contributed by atoms with Gasteiger partial charge in [-0.1, -0.05) is 16.0 Å². The van der Waals surface area contributed by atoms with Gasteiger partial charge >= 0.3 is 11.5 Å². The van der Waals surface area contributed by atoms with E-state index in [0.29, 0.717) is 22.4 Å². The van der Waals surface area contributed by atoms with E-state index < -0.39 is 17.3 Å². The van der Waals surface area contributed by atoms with Gasteiger partial charge < -0.3 is 14.7 Å². The van der Waals surface area contributed by atoms with Gasteiger partial charge in [0.2, 0.25) is 0 Å². The van der Waals surface area contributed by atoms with E-state index in [0.717, 1.165) is 5.57 Å². The lowest BCUT2D eigenvalue weighted by Gasteiger charge is -2.13. The third-order valence-corrected chi connectivity index (χ3v) is 4.24. The fraction of sp³-hybridized carbons (Fsp3) is 0.150. The van der Waals surface area contributed by atoms with E-state index >= 15 is 0 Å². The van der Waals surface area contributed by atoms with Crippen LogP contribution >= 0.6 is 0 Å². The zero-order valence-electron chi connectivity index (χ0n) is 15.4. The summed E-state index contributed by atoms with van der Waals surface area (Å²) in [6, 6.07) is 9.07. The molecule has 0 aliphatic rings. The van der Waals surface area contributed by atoms with Crippen LogP contribution in [0.1, 0.15) is 23.6 Å². The number of allylic oxidation sites excluding steroid dienone is 3. The molecule has 0 amide bonds. The largest absolute Gasteiger partial charge is 0.489 e. The summed E-state index contributed by atoms with van der Waals surface area (Å²) in [5.74, 6) is 0.352. The molecule has 1 unspecified atom stereocenters. The van der Waals surface area contributed by atoms with E-state index in [-0.39, 0.29) is 18.2 Å². The van der Waals surface area contributed by atoms with Crippen molar-refractivity contribution in [3.63, 3.8) is 0 Å². The van der Waals surface area contributed by atoms with Crippen molar-refractivity contribution in [3.8, 4) is 11.5 Å². The van der Waals surface area contributed by atoms with E-state index in [1.807, 2.05) is 13.0 Å². The number of hydrogen-bond acceptors (Lipinski definition) is 5. The third kappa shape index (κ3) is 5.75. The zero-order chi connectivity index (χ0) is 20.7. The van der Waals surface area contributed by atoms with Crippen LogP contribution in [0.3, 0.4) is 0 Å². The fourth-order valence-corrected chi connectivity index (χ4v) is 2.75. The van der Waals surface area contributed by atoms with Gasteiger partial charge in [0.25, 0.3) is 0 Å². The number of ether oxygens (including phenoxy) is 1. The van der Waals surface area contributed by atoms with E-state index in [1.165, 1.54) is 30.3 Å². The van der Waals surface area contributed by atoms with Crippen LogP contribution in [0, 0.1) is 12.7 Å². The maximum absolute atomic E-state index is 14.6. The van der Waals surface area contributed by atoms with Crippen molar-refractivity contribution in [3.05, 3.63) is 76.9 Å². The second-order valence-corrected chi connectivity index (χ2v) is 6.32. The Balaban J connectivity index is 2.17. The quantitative estimate of drug-likeness (QED) is 0.397. The molecule has 5 nitrogen and oxygen atoms in total. The topological polar surface area (TPSA) is 73.9 Å². The maximum Gasteiger partial charge on any atom is 0.401 e. The van der Waals surface area contributed by atoms with Crippen molar-refractivity contribution in [2.75, 3.05) is 0 Å². The number of nitrogens with zero attached hydrogens (tertiary/aromatic N) is 1. The molecule has 0 aliphatic heterocycles. The second kappa shape index (κ2) is 9.80. The number of hydrogen-bond donors (Lipinski definition) is 1. The predicted octanol–water partition coefficient (Wildman–Crippen LogP) is 4.54. The molecule has 0 heterocycles. The standard InChI is InChI=1S/C20H20F2N2O3S/c1-4-14(11-20(23)24-3)15-9-13(2)18(19(21)10-15)12-26-16-5-7-17(8-6-16)27-28(22)25/h4-11H,3,12,23H2,1-2H3/b14-4+,20-11-. The Morgan fingerprint density at radius 1 is 1.29 bits per heavy atom. The molecule has 8 heteroatoms. The third-order valence-electron chi connectivity index (χ3n) is 3.92. The molecule has 2 aromatic carbocycles. The van der Waals surface area contributed by atoms with Gasteiger partial charge in [-0.3, -0.25) is 0 Å². The van der Waals surface area contributed by atoms with Gasteiger partial charge in [-0.25, -0.2) is 9.38 Å². The Hall–Kier alpha value is -3.00. The minimum Gasteiger partial charge on any atom is -0.489 e. The SMILES string of the molecule is C=N/C(N)=C\C(=C/C)c1cc(C)c(COc2ccc(OS(=O)F)cc2)c(F)c1. The first-order valence-corrected chi connectivity index (χ1v) is 9.20. The molecular weight excluding hydrogens is 386 g/mol. The summed E-state index contributed by atoms with van der Waals surface area (Å²) >= 11 is -2.89. The first-order chi connectivity index (χ1) is 13.3. The average molecular weight is 406 g/mol. The van der Waals surface area contributed by atoms with Crippen LogP contribution in [-0.2, 0) is 18.1 Å². The second-order valence-electron chi connectivity index (χ2n) is 5.76. The molecule has 0 saturated heterocycles. The Bertz CT molecular complexity index is 918. The fourth-order valence-electron chi connectivity index (χ4n) is 2.48. The Morgan fingerprint density at radius 3 is 2.46 bits per heavy atom. The van der Waals surface area contributed by atoms with Crippen molar-refractivity contribution in [2.24, 2.45) is 10.7 Å². The molecule has 1 atom stereocenters. The summed E-state index contributed by atoms with van der Waals surface area (Å²) in [6.45, 7) is 6.97. The highest BCUT2D eigenvalue weighted by molar-refractivity contribution is 7.75. The van der Waals surface area contributed by atoms with Crippen LogP contribution in [-0.4, -0.2) is 10.9 Å². The maximum atomic E-state index is 14.6. The summed E-state index contributed by atoms with van der Waals surface area (Å²) in [7, 11) is 0. The summed E-state index contributed by atoms with van der Waals surface area (Å²) in [6.07, 6.45) is 3.42. The molecule has 2 rings (SSSR count). The molecule has 28 heavy (non-hydrogen) atoms. The van der Waals surface area contributed by atoms with Crippen LogP contribution in [0.4, 0.5) is 8.28 Å². The highest BCUT2D eigenvalue weighted by Crippen LogP contribution is 2.25. The van der Waals surface area contributed by atoms with E-state index in [9.17, 15) is 12.5 Å². The summed E-state index contributed by atoms with van der Waals surface area (Å²) in [5, 5.41) is 0. The number of benzene rings is 2. The Morgan fingerprint density at radius 2 is 1.93 bits per heavy atom. The van der Waals surface area contributed by atoms with Crippen molar-refractivity contribution >= 4 is 23.8 Å². The molecule has 0 spiro atoms. The highest BCUT2D eigenvalue weighted by Gasteiger charge is 2.11. The van der Waals surface area contributed by atoms with E-state index in [4.69, 9.17) is 10.5 Å². The highest BCUT2D eigenvalue weighted by atomic mass is 32.2. The first-order valence-electron chi connectivity index (χ1n) is 8.23. The number of aryl methyl sites for hydroxylation is 1. The van der Waals surface area contributed by atoms with Crippen LogP contribution in [0.2, 0.25) is 0 Å². The molecular formula is C20H20F2N2O3S. The smallest absolute Gasteiger partial charge is 0.401 e. The zero-order valence-corrected chi connectivity index (χ0v) is 16.3. The molecule has 0 aliphatic carbocycles. The van der Waals surface area contributed by atoms with Gasteiger partial charge in [-0.15, -0.1) is 0 Å². The minimum atomic E-state index is -2.89. The van der Waals surface area contributed by atoms with Crippen molar-refractivity contribution in [2.45, 2.75) is 20.5 Å². The van der Waals surface area contributed by atoms with Crippen molar-refractivity contribution in [1.29, 1.82) is 0 Å². The number of nitrogens with two attached hydrogens (primary N) is 1. The lowest BCUT2D eigenvalue weighted by atomic mass is 9.99. The summed E-state index contributed by atoms with van der Waals surface area (Å²) < 4.78 is 47.3. The first kappa shape index (κ1) is 21.3. The molecule has 148 valence electrons. The number of halogens is 2. The normalized spacial score (nSPS) is 13.1. The molecule has 0 saturated carbocycles. The summed E-state index contributed by atoms with van der Waals surface area (Å²) in [5.41, 5.74) is 8.17. The van der Waals surface area contributed by atoms with E-state index in [1.54, 1.807) is 19.1 Å². The summed E-state index contributed by atoms with van der Waals surface area (Å²) in [4.78, 5) is 3.64. The van der Waals surface area contributed by atoms with Gasteiger partial charge in [-0.2, -0.15) is 4.21 Å². The van der Waals surface area contributed by atoms with Gasteiger partial charge in [-0.05, 0) is 73.7 Å². The molecule has 0 radical (unpaired) electrons. The predicted molar refractivity (Wildman–Crippen MR) is 107 cm³/mol. The van der Waals surface area contributed by atoms with E-state index in [2.05, 4.69) is 15.9 Å².